The Labute approximate surface area is 112 Å². The molecule has 3 nitrogen and oxygen atoms in total. The zero-order chi connectivity index (χ0) is 13.1. The van der Waals surface area contributed by atoms with Gasteiger partial charge in [0.25, 0.3) is 0 Å². The number of benzene rings is 1. The first-order valence-corrected chi connectivity index (χ1v) is 7.73. The van der Waals surface area contributed by atoms with E-state index in [1.165, 1.54) is 12.1 Å². The van der Waals surface area contributed by atoms with E-state index in [1.54, 1.807) is 6.07 Å². The normalized spacial score (nSPS) is 13.1. The van der Waals surface area contributed by atoms with Gasteiger partial charge < -0.3 is 4.57 Å². The second-order valence-corrected chi connectivity index (χ2v) is 6.01. The van der Waals surface area contributed by atoms with E-state index in [-0.39, 0.29) is 11.7 Å². The summed E-state index contributed by atoms with van der Waals surface area (Å²) >= 11 is 5.84. The molecule has 0 fully saturated rings. The molecule has 18 heavy (non-hydrogen) atoms. The Morgan fingerprint density at radius 3 is 2.94 bits per heavy atom. The van der Waals surface area contributed by atoms with Crippen molar-refractivity contribution >= 4 is 33.4 Å². The highest BCUT2D eigenvalue weighted by Gasteiger charge is 2.11. The van der Waals surface area contributed by atoms with Crippen LogP contribution in [0.2, 0.25) is 0 Å². The van der Waals surface area contributed by atoms with Crippen LogP contribution in [0.1, 0.15) is 12.7 Å². The Kier molecular flexibility index (Phi) is 4.35. The van der Waals surface area contributed by atoms with Crippen molar-refractivity contribution in [1.82, 2.24) is 9.55 Å². The number of rotatable bonds is 5. The van der Waals surface area contributed by atoms with E-state index in [0.717, 1.165) is 0 Å². The minimum Gasteiger partial charge on any atom is -0.326 e. The maximum atomic E-state index is 13.3. The third-order valence-electron chi connectivity index (χ3n) is 2.77. The minimum absolute atomic E-state index is 0.259. The van der Waals surface area contributed by atoms with Crippen LogP contribution in [0.4, 0.5) is 4.39 Å². The SMILES string of the molecule is CCS(=O)CCn1c(CCl)nc2ccc(F)cc21. The molecule has 2 aromatic rings. The maximum Gasteiger partial charge on any atom is 0.125 e. The lowest BCUT2D eigenvalue weighted by molar-refractivity contribution is 0.628. The van der Waals surface area contributed by atoms with Gasteiger partial charge in [-0.25, -0.2) is 9.37 Å². The monoisotopic (exact) mass is 288 g/mol. The van der Waals surface area contributed by atoms with Crippen LogP contribution in [0.15, 0.2) is 18.2 Å². The molecular weight excluding hydrogens is 275 g/mol. The summed E-state index contributed by atoms with van der Waals surface area (Å²) in [5.41, 5.74) is 1.42. The highest BCUT2D eigenvalue weighted by atomic mass is 35.5. The summed E-state index contributed by atoms with van der Waals surface area (Å²) in [5, 5.41) is 0. The van der Waals surface area contributed by atoms with Gasteiger partial charge in [-0.05, 0) is 18.2 Å². The zero-order valence-corrected chi connectivity index (χ0v) is 11.6. The van der Waals surface area contributed by atoms with Crippen molar-refractivity contribution in [3.8, 4) is 0 Å². The highest BCUT2D eigenvalue weighted by Crippen LogP contribution is 2.18. The molecule has 0 aliphatic rings. The molecule has 0 bridgehead atoms. The molecule has 98 valence electrons. The van der Waals surface area contributed by atoms with Crippen LogP contribution in [-0.2, 0) is 23.2 Å². The number of hydrogen-bond donors (Lipinski definition) is 0. The molecule has 0 saturated heterocycles. The van der Waals surface area contributed by atoms with Crippen molar-refractivity contribution in [2.75, 3.05) is 11.5 Å². The van der Waals surface area contributed by atoms with Gasteiger partial charge in [0.2, 0.25) is 0 Å². The lowest BCUT2D eigenvalue weighted by Crippen LogP contribution is -2.11. The Morgan fingerprint density at radius 1 is 1.50 bits per heavy atom. The van der Waals surface area contributed by atoms with Crippen LogP contribution >= 0.6 is 11.6 Å². The fourth-order valence-corrected chi connectivity index (χ4v) is 2.71. The molecule has 1 aromatic carbocycles. The van der Waals surface area contributed by atoms with E-state index in [2.05, 4.69) is 4.98 Å². The average molecular weight is 289 g/mol. The van der Waals surface area contributed by atoms with Crippen LogP contribution in [0, 0.1) is 5.82 Å². The Bertz CT molecular complexity index is 585. The molecular formula is C12H14ClFN2OS. The molecule has 0 aliphatic heterocycles. The lowest BCUT2D eigenvalue weighted by atomic mass is 10.3. The molecule has 0 N–H and O–H groups in total. The van der Waals surface area contributed by atoms with Gasteiger partial charge in [-0.2, -0.15) is 0 Å². The fourth-order valence-electron chi connectivity index (χ4n) is 1.83. The third-order valence-corrected chi connectivity index (χ3v) is 4.29. The van der Waals surface area contributed by atoms with E-state index >= 15 is 0 Å². The summed E-state index contributed by atoms with van der Waals surface area (Å²) in [5.74, 6) is 1.79. The van der Waals surface area contributed by atoms with Gasteiger partial charge in [-0.15, -0.1) is 11.6 Å². The van der Waals surface area contributed by atoms with Gasteiger partial charge in [0, 0.05) is 28.9 Å². The number of aryl methyl sites for hydroxylation is 1. The Morgan fingerprint density at radius 2 is 2.28 bits per heavy atom. The van der Waals surface area contributed by atoms with Crippen LogP contribution in [0.5, 0.6) is 0 Å². The summed E-state index contributed by atoms with van der Waals surface area (Å²) in [6.45, 7) is 2.42. The topological polar surface area (TPSA) is 34.9 Å². The summed E-state index contributed by atoms with van der Waals surface area (Å²) in [4.78, 5) is 4.34. The van der Waals surface area contributed by atoms with E-state index in [1.807, 2.05) is 11.5 Å². The molecule has 1 heterocycles. The number of aromatic nitrogens is 2. The molecule has 2 rings (SSSR count). The fraction of sp³-hybridized carbons (Fsp3) is 0.417. The van der Waals surface area contributed by atoms with Crippen molar-refractivity contribution in [2.45, 2.75) is 19.3 Å². The van der Waals surface area contributed by atoms with Crippen LogP contribution in [-0.4, -0.2) is 25.3 Å². The molecule has 0 radical (unpaired) electrons. The van der Waals surface area contributed by atoms with Gasteiger partial charge in [-0.3, -0.25) is 4.21 Å². The first-order valence-electron chi connectivity index (χ1n) is 5.71. The summed E-state index contributed by atoms with van der Waals surface area (Å²) in [7, 11) is -0.856. The smallest absolute Gasteiger partial charge is 0.125 e. The van der Waals surface area contributed by atoms with Gasteiger partial charge in [0.1, 0.15) is 11.6 Å². The van der Waals surface area contributed by atoms with Gasteiger partial charge >= 0.3 is 0 Å². The van der Waals surface area contributed by atoms with Gasteiger partial charge in [0.05, 0.1) is 16.9 Å². The van der Waals surface area contributed by atoms with Crippen molar-refractivity contribution in [3.05, 3.63) is 29.8 Å². The zero-order valence-electron chi connectivity index (χ0n) is 10.0. The lowest BCUT2D eigenvalue weighted by Gasteiger charge is -2.06. The second kappa shape index (κ2) is 5.80. The summed E-state index contributed by atoms with van der Waals surface area (Å²) < 4.78 is 26.6. The first-order chi connectivity index (χ1) is 8.65. The predicted molar refractivity (Wildman–Crippen MR) is 72.8 cm³/mol. The summed E-state index contributed by atoms with van der Waals surface area (Å²) in [6.07, 6.45) is 0. The van der Waals surface area contributed by atoms with Crippen LogP contribution in [0.3, 0.4) is 0 Å². The molecule has 1 atom stereocenters. The second-order valence-electron chi connectivity index (χ2n) is 3.88. The maximum absolute atomic E-state index is 13.3. The number of fused-ring (bicyclic) bond motifs is 1. The molecule has 0 saturated carbocycles. The molecule has 0 aliphatic carbocycles. The molecule has 1 aromatic heterocycles. The van der Waals surface area contributed by atoms with E-state index in [4.69, 9.17) is 11.6 Å². The number of halogens is 2. The van der Waals surface area contributed by atoms with Crippen LogP contribution < -0.4 is 0 Å². The number of alkyl halides is 1. The number of nitrogens with zero attached hydrogens (tertiary/aromatic N) is 2. The molecule has 0 spiro atoms. The largest absolute Gasteiger partial charge is 0.326 e. The third kappa shape index (κ3) is 2.72. The van der Waals surface area contributed by atoms with Crippen molar-refractivity contribution in [1.29, 1.82) is 0 Å². The van der Waals surface area contributed by atoms with Gasteiger partial charge in [-0.1, -0.05) is 6.92 Å². The van der Waals surface area contributed by atoms with Crippen molar-refractivity contribution in [2.24, 2.45) is 0 Å². The van der Waals surface area contributed by atoms with E-state index in [0.29, 0.717) is 34.9 Å². The first kappa shape index (κ1) is 13.5. The van der Waals surface area contributed by atoms with Crippen LogP contribution in [0.25, 0.3) is 11.0 Å². The minimum atomic E-state index is -0.856. The quantitative estimate of drug-likeness (QED) is 0.793. The summed E-state index contributed by atoms with van der Waals surface area (Å²) in [6, 6.07) is 4.45. The number of imidazole rings is 1. The molecule has 0 amide bonds. The predicted octanol–water partition coefficient (Wildman–Crippen LogP) is 2.68. The van der Waals surface area contributed by atoms with Crippen molar-refractivity contribution in [3.63, 3.8) is 0 Å². The molecule has 6 heteroatoms. The molecule has 1 unspecified atom stereocenters. The average Bonchev–Trinajstić information content (AvgIpc) is 2.73. The highest BCUT2D eigenvalue weighted by molar-refractivity contribution is 7.84. The standard InChI is InChI=1S/C12H14ClFN2OS/c1-2-18(17)6-5-16-11-7-9(14)3-4-10(11)15-12(16)8-13/h3-4,7H,2,5-6,8H2,1H3. The van der Waals surface area contributed by atoms with E-state index in [9.17, 15) is 8.60 Å². The Hall–Kier alpha value is -0.940. The van der Waals surface area contributed by atoms with Crippen molar-refractivity contribution < 1.29 is 8.60 Å². The van der Waals surface area contributed by atoms with Gasteiger partial charge in [0.15, 0.2) is 0 Å². The number of hydrogen-bond acceptors (Lipinski definition) is 2. The Balaban J connectivity index is 2.39. The van der Waals surface area contributed by atoms with E-state index < -0.39 is 10.8 Å².